The summed E-state index contributed by atoms with van der Waals surface area (Å²) in [6.45, 7) is 3.40. The fourth-order valence-corrected chi connectivity index (χ4v) is 4.92. The second-order valence-corrected chi connectivity index (χ2v) is 10.0. The van der Waals surface area contributed by atoms with E-state index in [2.05, 4.69) is 25.8 Å². The minimum Gasteiger partial charge on any atom is -0.393 e. The first kappa shape index (κ1) is 25.6. The van der Waals surface area contributed by atoms with Crippen molar-refractivity contribution in [1.82, 2.24) is 14.9 Å². The lowest BCUT2D eigenvalue weighted by molar-refractivity contribution is 0.101. The van der Waals surface area contributed by atoms with Crippen LogP contribution in [-0.2, 0) is 0 Å². The molecule has 1 amide bonds. The highest BCUT2D eigenvalue weighted by Crippen LogP contribution is 2.27. The second-order valence-electron chi connectivity index (χ2n) is 10.0. The Morgan fingerprint density at radius 3 is 2.38 bits per heavy atom. The van der Waals surface area contributed by atoms with E-state index in [-0.39, 0.29) is 17.7 Å². The van der Waals surface area contributed by atoms with Gasteiger partial charge in [-0.2, -0.15) is 5.10 Å². The zero-order chi connectivity index (χ0) is 27.6. The van der Waals surface area contributed by atoms with Gasteiger partial charge < -0.3 is 30.3 Å². The van der Waals surface area contributed by atoms with Gasteiger partial charge >= 0.3 is 0 Å². The van der Waals surface area contributed by atoms with E-state index in [4.69, 9.17) is 4.52 Å². The van der Waals surface area contributed by atoms with Crippen molar-refractivity contribution in [1.29, 1.82) is 0 Å². The third-order valence-electron chi connectivity index (χ3n) is 7.14. The highest BCUT2D eigenvalue weighted by molar-refractivity contribution is 6.02. The van der Waals surface area contributed by atoms with E-state index >= 15 is 0 Å². The lowest BCUT2D eigenvalue weighted by atomic mass is 10.1. The number of aliphatic hydroxyl groups is 2. The van der Waals surface area contributed by atoms with Crippen LogP contribution in [0.5, 0.6) is 0 Å². The van der Waals surface area contributed by atoms with E-state index < -0.39 is 6.23 Å². The van der Waals surface area contributed by atoms with Gasteiger partial charge in [0.25, 0.3) is 5.91 Å². The number of hydrogen-bond donors (Lipinski definition) is 4. The molecule has 0 aliphatic carbocycles. The molecule has 10 heteroatoms. The normalized spacial score (nSPS) is 14.8. The summed E-state index contributed by atoms with van der Waals surface area (Å²) in [4.78, 5) is 14.6. The van der Waals surface area contributed by atoms with Gasteiger partial charge in [0.05, 0.1) is 23.5 Å². The molecule has 1 aliphatic rings. The fourth-order valence-electron chi connectivity index (χ4n) is 4.92. The molecular formula is C30H30N6O4. The van der Waals surface area contributed by atoms with Gasteiger partial charge in [-0.3, -0.25) is 4.79 Å². The van der Waals surface area contributed by atoms with Crippen molar-refractivity contribution in [2.45, 2.75) is 32.1 Å². The highest BCUT2D eigenvalue weighted by Gasteiger charge is 2.18. The van der Waals surface area contributed by atoms with Crippen LogP contribution in [0, 0.1) is 6.92 Å². The number of hydrogen-bond acceptors (Lipinski definition) is 8. The Bertz CT molecular complexity index is 1620. The molecule has 1 unspecified atom stereocenters. The maximum absolute atomic E-state index is 12.3. The first-order valence-corrected chi connectivity index (χ1v) is 13.2. The van der Waals surface area contributed by atoms with Crippen molar-refractivity contribution >= 4 is 33.9 Å². The molecule has 0 radical (unpaired) electrons. The Kier molecular flexibility index (Phi) is 6.93. The minimum absolute atomic E-state index is 0.207. The summed E-state index contributed by atoms with van der Waals surface area (Å²) in [6.07, 6.45) is 2.26. The van der Waals surface area contributed by atoms with E-state index in [9.17, 15) is 15.0 Å². The van der Waals surface area contributed by atoms with Crippen LogP contribution in [0.15, 0.2) is 83.5 Å². The van der Waals surface area contributed by atoms with Crippen LogP contribution in [0.2, 0.25) is 0 Å². The van der Waals surface area contributed by atoms with E-state index in [1.165, 1.54) is 0 Å². The molecular weight excluding hydrogens is 508 g/mol. The average molecular weight is 539 g/mol. The van der Waals surface area contributed by atoms with Gasteiger partial charge in [0, 0.05) is 47.2 Å². The number of aliphatic hydroxyl groups excluding tert-OH is 2. The zero-order valence-electron chi connectivity index (χ0n) is 22.0. The number of anilines is 3. The molecule has 204 valence electrons. The molecule has 1 atom stereocenters. The predicted octanol–water partition coefficient (Wildman–Crippen LogP) is 4.64. The Balaban J connectivity index is 1.11. The van der Waals surface area contributed by atoms with Crippen molar-refractivity contribution in [2.24, 2.45) is 0 Å². The molecule has 6 rings (SSSR count). The van der Waals surface area contributed by atoms with Gasteiger partial charge in [-0.25, -0.2) is 4.68 Å². The summed E-state index contributed by atoms with van der Waals surface area (Å²) in [5, 5.41) is 35.7. The number of nitrogens with one attached hydrogen (secondary N) is 2. The van der Waals surface area contributed by atoms with Crippen LogP contribution in [0.1, 0.15) is 40.9 Å². The van der Waals surface area contributed by atoms with E-state index in [1.54, 1.807) is 31.3 Å². The molecule has 4 N–H and O–H groups in total. The van der Waals surface area contributed by atoms with Crippen LogP contribution in [0.25, 0.3) is 16.6 Å². The first-order valence-electron chi connectivity index (χ1n) is 13.2. The largest absolute Gasteiger partial charge is 0.393 e. The van der Waals surface area contributed by atoms with Crippen LogP contribution in [-0.4, -0.2) is 50.3 Å². The highest BCUT2D eigenvalue weighted by atomic mass is 16.5. The SMILES string of the molecule is Cc1cc(C(=O)Nc2ccc(-n3ncc4cc(NC(O)c5ccc(N6CCC(O)CC6)cc5)ccc43)cc2)no1. The first-order chi connectivity index (χ1) is 19.4. The fraction of sp³-hybridized carbons (Fsp3) is 0.233. The van der Waals surface area contributed by atoms with Gasteiger partial charge in [0.2, 0.25) is 0 Å². The number of carbonyl (C=O) groups is 1. The number of fused-ring (bicyclic) bond motifs is 1. The molecule has 0 spiro atoms. The quantitative estimate of drug-likeness (QED) is 0.221. The predicted molar refractivity (Wildman–Crippen MR) is 153 cm³/mol. The molecule has 1 fully saturated rings. The number of piperidine rings is 1. The monoisotopic (exact) mass is 538 g/mol. The molecule has 3 aromatic carbocycles. The smallest absolute Gasteiger partial charge is 0.277 e. The molecule has 1 saturated heterocycles. The Morgan fingerprint density at radius 1 is 0.975 bits per heavy atom. The zero-order valence-corrected chi connectivity index (χ0v) is 22.0. The van der Waals surface area contributed by atoms with Gasteiger partial charge in [-0.1, -0.05) is 17.3 Å². The maximum Gasteiger partial charge on any atom is 0.277 e. The van der Waals surface area contributed by atoms with Crippen LogP contribution < -0.4 is 15.5 Å². The molecule has 2 aromatic heterocycles. The molecule has 10 nitrogen and oxygen atoms in total. The number of amides is 1. The van der Waals surface area contributed by atoms with Gasteiger partial charge in [0.15, 0.2) is 11.9 Å². The topological polar surface area (TPSA) is 129 Å². The van der Waals surface area contributed by atoms with Crippen molar-refractivity contribution in [3.63, 3.8) is 0 Å². The molecule has 0 saturated carbocycles. The van der Waals surface area contributed by atoms with Crippen molar-refractivity contribution in [3.05, 3.63) is 96.0 Å². The standard InChI is InChI=1S/C30H30N6O4/c1-19-16-27(34-40-19)30(39)32-22-4-9-25(10-5-22)36-28-11-6-23(17-21(28)18-31-36)33-29(38)20-2-7-24(8-3-20)35-14-12-26(37)13-15-35/h2-11,16-18,26,29,33,37-38H,12-15H2,1H3,(H,32,39). The van der Waals surface area contributed by atoms with Gasteiger partial charge in [-0.15, -0.1) is 0 Å². The van der Waals surface area contributed by atoms with Crippen molar-refractivity contribution in [3.8, 4) is 5.69 Å². The van der Waals surface area contributed by atoms with Crippen LogP contribution in [0.4, 0.5) is 17.1 Å². The van der Waals surface area contributed by atoms with Gasteiger partial charge in [0.1, 0.15) is 5.76 Å². The summed E-state index contributed by atoms with van der Waals surface area (Å²) in [5.41, 5.74) is 5.24. The number of rotatable bonds is 7. The Hall–Kier alpha value is -4.67. The molecule has 1 aliphatic heterocycles. The number of aromatic nitrogens is 3. The third-order valence-corrected chi connectivity index (χ3v) is 7.14. The maximum atomic E-state index is 12.3. The number of carbonyl (C=O) groups excluding carboxylic acids is 1. The average Bonchev–Trinajstić information content (AvgIpc) is 3.60. The number of aryl methyl sites for hydroxylation is 1. The summed E-state index contributed by atoms with van der Waals surface area (Å²) in [6, 6.07) is 22.6. The Morgan fingerprint density at radius 2 is 1.68 bits per heavy atom. The molecule has 0 bridgehead atoms. The third kappa shape index (κ3) is 5.40. The van der Waals surface area contributed by atoms with E-state index in [1.807, 2.05) is 59.3 Å². The van der Waals surface area contributed by atoms with Crippen LogP contribution in [0.3, 0.4) is 0 Å². The lowest BCUT2D eigenvalue weighted by Crippen LogP contribution is -2.35. The summed E-state index contributed by atoms with van der Waals surface area (Å²) < 4.78 is 6.78. The summed E-state index contributed by atoms with van der Waals surface area (Å²) in [5.74, 6) is 0.235. The lowest BCUT2D eigenvalue weighted by Gasteiger charge is -2.31. The minimum atomic E-state index is -0.867. The molecule has 40 heavy (non-hydrogen) atoms. The van der Waals surface area contributed by atoms with E-state index in [0.29, 0.717) is 11.4 Å². The van der Waals surface area contributed by atoms with Crippen LogP contribution >= 0.6 is 0 Å². The molecule has 5 aromatic rings. The van der Waals surface area contributed by atoms with Gasteiger partial charge in [-0.05, 0) is 74.4 Å². The summed E-state index contributed by atoms with van der Waals surface area (Å²) in [7, 11) is 0. The second kappa shape index (κ2) is 10.8. The number of nitrogens with zero attached hydrogens (tertiary/aromatic N) is 4. The van der Waals surface area contributed by atoms with Crippen molar-refractivity contribution in [2.75, 3.05) is 28.6 Å². The van der Waals surface area contributed by atoms with E-state index in [0.717, 1.165) is 59.5 Å². The Labute approximate surface area is 230 Å². The molecule has 3 heterocycles. The number of benzene rings is 3. The summed E-state index contributed by atoms with van der Waals surface area (Å²) >= 11 is 0. The van der Waals surface area contributed by atoms with Crippen molar-refractivity contribution < 1.29 is 19.5 Å².